The quantitative estimate of drug-likeness (QED) is 0.726. The van der Waals surface area contributed by atoms with Gasteiger partial charge in [0, 0.05) is 0 Å². The van der Waals surface area contributed by atoms with E-state index in [-0.39, 0.29) is 11.4 Å². The first-order valence-electron chi connectivity index (χ1n) is 6.22. The molecule has 5 heteroatoms. The summed E-state index contributed by atoms with van der Waals surface area (Å²) in [5.41, 5.74) is 0. The highest BCUT2D eigenvalue weighted by Crippen LogP contribution is 2.28. The maximum absolute atomic E-state index is 12.0. The van der Waals surface area contributed by atoms with Crippen molar-refractivity contribution < 1.29 is 17.9 Å². The van der Waals surface area contributed by atoms with Crippen LogP contribution in [-0.4, -0.2) is 31.5 Å². The smallest absolute Gasteiger partial charge is 0.321 e. The van der Waals surface area contributed by atoms with E-state index in [1.54, 1.807) is 13.8 Å². The van der Waals surface area contributed by atoms with Crippen molar-refractivity contribution in [1.82, 2.24) is 0 Å². The molecule has 0 aromatic rings. The van der Waals surface area contributed by atoms with Crippen molar-refractivity contribution in [2.45, 2.75) is 57.8 Å². The van der Waals surface area contributed by atoms with Crippen molar-refractivity contribution in [3.63, 3.8) is 0 Å². The number of carbonyl (C=O) groups is 1. The van der Waals surface area contributed by atoms with Gasteiger partial charge in [-0.15, -0.1) is 0 Å². The van der Waals surface area contributed by atoms with Crippen LogP contribution in [0.5, 0.6) is 0 Å². The molecule has 100 valence electrons. The van der Waals surface area contributed by atoms with E-state index in [0.717, 1.165) is 12.8 Å². The molecule has 2 atom stereocenters. The second kappa shape index (κ2) is 5.85. The van der Waals surface area contributed by atoms with E-state index < -0.39 is 21.6 Å². The van der Waals surface area contributed by atoms with Crippen LogP contribution in [0.15, 0.2) is 0 Å². The fourth-order valence-corrected chi connectivity index (χ4v) is 4.06. The van der Waals surface area contributed by atoms with Crippen LogP contribution in [0.4, 0.5) is 0 Å². The molecule has 0 N–H and O–H groups in total. The molecule has 0 amide bonds. The van der Waals surface area contributed by atoms with Crippen LogP contribution in [-0.2, 0) is 19.4 Å². The lowest BCUT2D eigenvalue weighted by Gasteiger charge is -2.26. The van der Waals surface area contributed by atoms with E-state index in [2.05, 4.69) is 6.92 Å². The van der Waals surface area contributed by atoms with Gasteiger partial charge in [-0.3, -0.25) is 4.79 Å². The van der Waals surface area contributed by atoms with E-state index >= 15 is 0 Å². The number of hydrogen-bond donors (Lipinski definition) is 0. The van der Waals surface area contributed by atoms with Gasteiger partial charge in [0.1, 0.15) is 5.75 Å². The van der Waals surface area contributed by atoms with Crippen LogP contribution in [0.3, 0.4) is 0 Å². The summed E-state index contributed by atoms with van der Waals surface area (Å²) < 4.78 is 28.9. The second-order valence-electron chi connectivity index (χ2n) is 5.24. The Balaban J connectivity index is 2.58. The zero-order valence-corrected chi connectivity index (χ0v) is 11.6. The number of rotatable bonds is 4. The molecule has 0 aromatic carbocycles. The van der Waals surface area contributed by atoms with Gasteiger partial charge in [0.25, 0.3) is 0 Å². The zero-order valence-electron chi connectivity index (χ0n) is 10.8. The van der Waals surface area contributed by atoms with Crippen molar-refractivity contribution in [3.05, 3.63) is 0 Å². The number of sulfone groups is 1. The molecule has 0 heterocycles. The average Bonchev–Trinajstić information content (AvgIpc) is 2.15. The van der Waals surface area contributed by atoms with Gasteiger partial charge >= 0.3 is 5.97 Å². The van der Waals surface area contributed by atoms with Gasteiger partial charge in [0.05, 0.1) is 11.4 Å². The Labute approximate surface area is 104 Å². The molecule has 1 saturated carbocycles. The lowest BCUT2D eigenvalue weighted by atomic mass is 9.91. The molecule has 0 spiro atoms. The summed E-state index contributed by atoms with van der Waals surface area (Å²) >= 11 is 0. The monoisotopic (exact) mass is 262 g/mol. The summed E-state index contributed by atoms with van der Waals surface area (Å²) in [4.78, 5) is 11.4. The number of ether oxygens (including phenoxy) is 1. The molecule has 1 rings (SSSR count). The van der Waals surface area contributed by atoms with Gasteiger partial charge in [0.15, 0.2) is 9.84 Å². The summed E-state index contributed by atoms with van der Waals surface area (Å²) in [5, 5.41) is -0.356. The van der Waals surface area contributed by atoms with Gasteiger partial charge < -0.3 is 4.74 Å². The normalized spacial score (nSPS) is 25.9. The third kappa shape index (κ3) is 4.66. The lowest BCUT2D eigenvalue weighted by Crippen LogP contribution is -2.33. The van der Waals surface area contributed by atoms with Gasteiger partial charge in [-0.25, -0.2) is 8.42 Å². The minimum atomic E-state index is -3.34. The SMILES string of the molecule is CC1CCCC(S(=O)(=O)CC(=O)OC(C)C)C1. The van der Waals surface area contributed by atoms with E-state index in [1.807, 2.05) is 0 Å². The fourth-order valence-electron chi connectivity index (χ4n) is 2.28. The Morgan fingerprint density at radius 3 is 2.53 bits per heavy atom. The van der Waals surface area contributed by atoms with Crippen LogP contribution in [0.2, 0.25) is 0 Å². The maximum atomic E-state index is 12.0. The molecule has 1 fully saturated rings. The molecule has 0 saturated heterocycles. The molecule has 0 aliphatic heterocycles. The maximum Gasteiger partial charge on any atom is 0.321 e. The summed E-state index contributed by atoms with van der Waals surface area (Å²) in [6, 6.07) is 0. The molecule has 0 bridgehead atoms. The standard InChI is InChI=1S/C12H22O4S/c1-9(2)16-12(13)8-17(14,15)11-6-4-5-10(3)7-11/h9-11H,4-8H2,1-3H3. The van der Waals surface area contributed by atoms with Crippen molar-refractivity contribution in [3.8, 4) is 0 Å². The van der Waals surface area contributed by atoms with Gasteiger partial charge in [-0.2, -0.15) is 0 Å². The summed E-state index contributed by atoms with van der Waals surface area (Å²) in [6.07, 6.45) is 3.12. The Bertz CT molecular complexity index is 359. The van der Waals surface area contributed by atoms with Crippen LogP contribution < -0.4 is 0 Å². The Morgan fingerprint density at radius 1 is 1.35 bits per heavy atom. The molecular weight excluding hydrogens is 240 g/mol. The molecule has 0 aromatic heterocycles. The predicted octanol–water partition coefficient (Wildman–Crippen LogP) is 1.93. The molecule has 2 unspecified atom stereocenters. The van der Waals surface area contributed by atoms with Crippen molar-refractivity contribution in [2.75, 3.05) is 5.75 Å². The highest BCUT2D eigenvalue weighted by atomic mass is 32.2. The molecule has 1 aliphatic rings. The van der Waals surface area contributed by atoms with Crippen molar-refractivity contribution in [2.24, 2.45) is 5.92 Å². The fraction of sp³-hybridized carbons (Fsp3) is 0.917. The first kappa shape index (κ1) is 14.5. The highest BCUT2D eigenvalue weighted by molar-refractivity contribution is 7.92. The van der Waals surface area contributed by atoms with Gasteiger partial charge in [-0.05, 0) is 32.6 Å². The van der Waals surface area contributed by atoms with Crippen molar-refractivity contribution >= 4 is 15.8 Å². The molecule has 0 radical (unpaired) electrons. The number of carbonyl (C=O) groups excluding carboxylic acids is 1. The first-order chi connectivity index (χ1) is 7.81. The first-order valence-corrected chi connectivity index (χ1v) is 7.94. The van der Waals surface area contributed by atoms with E-state index in [4.69, 9.17) is 4.74 Å². The van der Waals surface area contributed by atoms with Crippen LogP contribution in [0, 0.1) is 5.92 Å². The Kier molecular flexibility index (Phi) is 4.98. The minimum absolute atomic E-state index is 0.261. The molecule has 17 heavy (non-hydrogen) atoms. The zero-order chi connectivity index (χ0) is 13.1. The number of esters is 1. The summed E-state index contributed by atoms with van der Waals surface area (Å²) in [6.45, 7) is 5.49. The predicted molar refractivity (Wildman–Crippen MR) is 66.4 cm³/mol. The molecular formula is C12H22O4S. The summed E-state index contributed by atoms with van der Waals surface area (Å²) in [7, 11) is -3.34. The molecule has 1 aliphatic carbocycles. The average molecular weight is 262 g/mol. The largest absolute Gasteiger partial charge is 0.462 e. The number of hydrogen-bond acceptors (Lipinski definition) is 4. The topological polar surface area (TPSA) is 60.4 Å². The van der Waals surface area contributed by atoms with Crippen LogP contribution in [0.1, 0.15) is 46.5 Å². The highest BCUT2D eigenvalue weighted by Gasteiger charge is 2.32. The summed E-state index contributed by atoms with van der Waals surface area (Å²) in [5.74, 6) is -0.661. The van der Waals surface area contributed by atoms with Crippen molar-refractivity contribution in [1.29, 1.82) is 0 Å². The van der Waals surface area contributed by atoms with E-state index in [0.29, 0.717) is 18.8 Å². The third-order valence-electron chi connectivity index (χ3n) is 3.08. The van der Waals surface area contributed by atoms with E-state index in [1.165, 1.54) is 0 Å². The third-order valence-corrected chi connectivity index (χ3v) is 5.16. The van der Waals surface area contributed by atoms with Crippen LogP contribution >= 0.6 is 0 Å². The second-order valence-corrected chi connectivity index (χ2v) is 7.52. The van der Waals surface area contributed by atoms with Gasteiger partial charge in [-0.1, -0.05) is 19.8 Å². The van der Waals surface area contributed by atoms with Crippen LogP contribution in [0.25, 0.3) is 0 Å². The Hall–Kier alpha value is -0.580. The Morgan fingerprint density at radius 2 is 2.00 bits per heavy atom. The van der Waals surface area contributed by atoms with Gasteiger partial charge in [0.2, 0.25) is 0 Å². The minimum Gasteiger partial charge on any atom is -0.462 e. The lowest BCUT2D eigenvalue weighted by molar-refractivity contribution is -0.144. The molecule has 4 nitrogen and oxygen atoms in total. The van der Waals surface area contributed by atoms with E-state index in [9.17, 15) is 13.2 Å².